The van der Waals surface area contributed by atoms with Crippen molar-refractivity contribution in [2.24, 2.45) is 0 Å². The molecule has 15 rings (SSSR count). The maximum absolute atomic E-state index is 2.48. The molecule has 0 unspecified atom stereocenters. The highest BCUT2D eigenvalue weighted by molar-refractivity contribution is 5.96. The third-order valence-electron chi connectivity index (χ3n) is 17.7. The number of hydrogen-bond acceptors (Lipinski definition) is 0. The quantitative estimate of drug-likeness (QED) is 0.107. The molecule has 0 spiro atoms. The van der Waals surface area contributed by atoms with Crippen LogP contribution in [0, 0.1) is 0 Å². The molecule has 0 aliphatic heterocycles. The Labute approximate surface area is 493 Å². The van der Waals surface area contributed by atoms with E-state index in [1.54, 1.807) is 0 Å². The Morgan fingerprint density at radius 3 is 0.702 bits per heavy atom. The van der Waals surface area contributed by atoms with Gasteiger partial charge in [-0.1, -0.05) is 315 Å². The smallest absolute Gasteiger partial charge is 0.0622 e. The van der Waals surface area contributed by atoms with Crippen LogP contribution < -0.4 is 0 Å². The van der Waals surface area contributed by atoms with E-state index in [0.29, 0.717) is 0 Å². The number of rotatable bonds is 12. The number of benzene rings is 13. The summed E-state index contributed by atoms with van der Waals surface area (Å²) in [5.74, 6) is 0. The highest BCUT2D eigenvalue weighted by atomic mass is 14.5. The van der Waals surface area contributed by atoms with Crippen molar-refractivity contribution in [2.45, 2.75) is 10.8 Å². The largest absolute Gasteiger partial charge is 0.0713 e. The normalized spacial score (nSPS) is 13.0. The minimum atomic E-state index is -0.582. The van der Waals surface area contributed by atoms with E-state index in [-0.39, 0.29) is 0 Å². The fraction of sp³-hybridized carbons (Fsp3) is 0.0238. The van der Waals surface area contributed by atoms with Gasteiger partial charge in [-0.25, -0.2) is 0 Å². The first-order valence-corrected chi connectivity index (χ1v) is 29.2. The van der Waals surface area contributed by atoms with E-state index in [1.165, 1.54) is 122 Å². The summed E-state index contributed by atoms with van der Waals surface area (Å²) in [4.78, 5) is 0. The monoisotopic (exact) mass is 1070 g/mol. The van der Waals surface area contributed by atoms with Crippen molar-refractivity contribution in [3.05, 3.63) is 418 Å². The molecule has 0 heterocycles. The van der Waals surface area contributed by atoms with Crippen molar-refractivity contribution in [1.29, 1.82) is 0 Å². The lowest BCUT2D eigenvalue weighted by atomic mass is 9.67. The van der Waals surface area contributed by atoms with Crippen LogP contribution in [-0.2, 0) is 10.8 Å². The SMILES string of the molecule is C(=C(c1ccccc1)c1ccccc1)c1ccc2c(c1)C(c1ccccc1)(c1ccccc1)c1cc(-c3ccc(-c4ccc5c(c4)C(c4ccccc4)(c4ccccc4)c4cc(C=C(c6ccccc6)c6ccccc6)ccc4-5)cc3)ccc1-2. The van der Waals surface area contributed by atoms with Crippen LogP contribution in [0.1, 0.15) is 77.9 Å². The Morgan fingerprint density at radius 1 is 0.202 bits per heavy atom. The van der Waals surface area contributed by atoms with Crippen LogP contribution in [0.2, 0.25) is 0 Å². The highest BCUT2D eigenvalue weighted by Crippen LogP contribution is 2.59. The van der Waals surface area contributed by atoms with E-state index < -0.39 is 10.8 Å². The molecular formula is C84H58. The van der Waals surface area contributed by atoms with Gasteiger partial charge in [0.25, 0.3) is 0 Å². The minimum absolute atomic E-state index is 0.582. The van der Waals surface area contributed by atoms with Crippen LogP contribution in [0.4, 0.5) is 0 Å². The van der Waals surface area contributed by atoms with Crippen molar-refractivity contribution in [3.63, 3.8) is 0 Å². The Morgan fingerprint density at radius 2 is 0.429 bits per heavy atom. The second-order valence-corrected chi connectivity index (χ2v) is 22.3. The predicted octanol–water partition coefficient (Wildman–Crippen LogP) is 20.9. The molecule has 0 bridgehead atoms. The predicted molar refractivity (Wildman–Crippen MR) is 352 cm³/mol. The first-order chi connectivity index (χ1) is 41.6. The fourth-order valence-corrected chi connectivity index (χ4v) is 13.9. The second kappa shape index (κ2) is 21.3. The number of hydrogen-bond donors (Lipinski definition) is 0. The molecule has 0 fully saturated rings. The highest BCUT2D eigenvalue weighted by Gasteiger charge is 2.48. The van der Waals surface area contributed by atoms with Crippen molar-refractivity contribution < 1.29 is 0 Å². The Balaban J connectivity index is 0.847. The zero-order valence-electron chi connectivity index (χ0n) is 46.5. The molecule has 2 aliphatic rings. The molecule has 13 aromatic rings. The molecule has 0 heteroatoms. The van der Waals surface area contributed by atoms with Crippen LogP contribution >= 0.6 is 0 Å². The van der Waals surface area contributed by atoms with Crippen molar-refractivity contribution in [3.8, 4) is 44.5 Å². The van der Waals surface area contributed by atoms with Gasteiger partial charge in [-0.2, -0.15) is 0 Å². The molecule has 0 nitrogen and oxygen atoms in total. The van der Waals surface area contributed by atoms with Crippen molar-refractivity contribution in [1.82, 2.24) is 0 Å². The van der Waals surface area contributed by atoms with E-state index in [2.05, 4.69) is 352 Å². The van der Waals surface area contributed by atoms with Gasteiger partial charge in [0.1, 0.15) is 0 Å². The molecule has 0 radical (unpaired) electrons. The maximum atomic E-state index is 2.48. The van der Waals surface area contributed by atoms with Gasteiger partial charge >= 0.3 is 0 Å². The second-order valence-electron chi connectivity index (χ2n) is 22.3. The molecule has 0 amide bonds. The summed E-state index contributed by atoms with van der Waals surface area (Å²) in [5.41, 5.74) is 28.2. The van der Waals surface area contributed by atoms with E-state index in [0.717, 1.165) is 11.1 Å². The van der Waals surface area contributed by atoms with E-state index in [4.69, 9.17) is 0 Å². The van der Waals surface area contributed by atoms with E-state index in [1.807, 2.05) is 0 Å². The van der Waals surface area contributed by atoms with Gasteiger partial charge in [0.05, 0.1) is 10.8 Å². The molecular weight excluding hydrogens is 1010 g/mol. The van der Waals surface area contributed by atoms with Gasteiger partial charge in [-0.05, 0) is 170 Å². The fourth-order valence-electron chi connectivity index (χ4n) is 13.9. The van der Waals surface area contributed by atoms with Gasteiger partial charge < -0.3 is 0 Å². The molecule has 2 aliphatic carbocycles. The summed E-state index contributed by atoms with van der Waals surface area (Å²) in [6, 6.07) is 126. The van der Waals surface area contributed by atoms with Gasteiger partial charge in [-0.15, -0.1) is 0 Å². The zero-order chi connectivity index (χ0) is 55.9. The maximum Gasteiger partial charge on any atom is 0.0713 e. The van der Waals surface area contributed by atoms with E-state index >= 15 is 0 Å². The molecule has 394 valence electrons. The summed E-state index contributed by atoms with van der Waals surface area (Å²) in [6.07, 6.45) is 4.74. The lowest BCUT2D eigenvalue weighted by Crippen LogP contribution is -2.28. The first kappa shape index (κ1) is 50.3. The minimum Gasteiger partial charge on any atom is -0.0622 e. The van der Waals surface area contributed by atoms with Crippen LogP contribution in [0.5, 0.6) is 0 Å². The lowest BCUT2D eigenvalue weighted by molar-refractivity contribution is 0.768. The van der Waals surface area contributed by atoms with Crippen molar-refractivity contribution >= 4 is 23.3 Å². The number of fused-ring (bicyclic) bond motifs is 6. The Hall–Kier alpha value is -10.7. The Kier molecular flexibility index (Phi) is 12.8. The standard InChI is InChI=1S/C84H58/c1-9-25-63(26-10-1)77(64-27-11-2-12-28-64)53-59-41-49-73-75-51-47-67(57-81(75)83(79(73)55-59,69-33-17-5-18-34-69)70-35-19-6-20-36-70)61-43-45-62(46-44-61)68-48-52-76-74-50-42-60(54-78(65-29-13-3-14-30-65)66-31-15-4-16-32-66)56-80(74)84(82(76)58-68,71-37-21-7-22-38-71)72-39-23-8-24-40-72/h1-58H. The molecule has 84 heavy (non-hydrogen) atoms. The molecule has 0 aromatic heterocycles. The summed E-state index contributed by atoms with van der Waals surface area (Å²) in [7, 11) is 0. The summed E-state index contributed by atoms with van der Waals surface area (Å²) >= 11 is 0. The van der Waals surface area contributed by atoms with Crippen LogP contribution in [0.15, 0.2) is 340 Å². The van der Waals surface area contributed by atoms with Crippen molar-refractivity contribution in [2.75, 3.05) is 0 Å². The van der Waals surface area contributed by atoms with Gasteiger partial charge in [-0.3, -0.25) is 0 Å². The average molecular weight is 1070 g/mol. The Bertz CT molecular complexity index is 4100. The third kappa shape index (κ3) is 8.54. The van der Waals surface area contributed by atoms with Crippen LogP contribution in [-0.4, -0.2) is 0 Å². The average Bonchev–Trinajstić information content (AvgIpc) is 1.61. The molecule has 0 atom stereocenters. The van der Waals surface area contributed by atoms with Crippen LogP contribution in [0.25, 0.3) is 67.8 Å². The molecule has 13 aromatic carbocycles. The summed E-state index contributed by atoms with van der Waals surface area (Å²) < 4.78 is 0. The molecule has 0 saturated heterocycles. The van der Waals surface area contributed by atoms with E-state index in [9.17, 15) is 0 Å². The third-order valence-corrected chi connectivity index (χ3v) is 17.7. The summed E-state index contributed by atoms with van der Waals surface area (Å²) in [6.45, 7) is 0. The van der Waals surface area contributed by atoms with Crippen LogP contribution in [0.3, 0.4) is 0 Å². The van der Waals surface area contributed by atoms with Gasteiger partial charge in [0, 0.05) is 0 Å². The lowest BCUT2D eigenvalue weighted by Gasteiger charge is -2.34. The topological polar surface area (TPSA) is 0 Å². The molecule has 0 saturated carbocycles. The zero-order valence-corrected chi connectivity index (χ0v) is 46.5. The van der Waals surface area contributed by atoms with Gasteiger partial charge in [0.2, 0.25) is 0 Å². The molecule has 0 N–H and O–H groups in total. The first-order valence-electron chi connectivity index (χ1n) is 29.2. The van der Waals surface area contributed by atoms with Gasteiger partial charge in [0.15, 0.2) is 0 Å². The summed E-state index contributed by atoms with van der Waals surface area (Å²) in [5, 5.41) is 0.